The van der Waals surface area contributed by atoms with Gasteiger partial charge in [0, 0.05) is 29.3 Å². The predicted molar refractivity (Wildman–Crippen MR) is 92.2 cm³/mol. The first-order valence-electron chi connectivity index (χ1n) is 8.65. The van der Waals surface area contributed by atoms with Crippen molar-refractivity contribution in [1.82, 2.24) is 5.32 Å². The van der Waals surface area contributed by atoms with Gasteiger partial charge in [-0.05, 0) is 31.7 Å². The van der Waals surface area contributed by atoms with Crippen LogP contribution in [0.15, 0.2) is 52.9 Å². The molecule has 1 aromatic carbocycles. The lowest BCUT2D eigenvalue weighted by Gasteiger charge is -2.34. The molecule has 0 fully saturated rings. The smallest absolute Gasteiger partial charge is 0.336 e. The SMILES string of the molecule is CCOC(=O)C1=C(CC)NC2=C(C(=O)CCC2)[C@H]1c1ccccc1. The Morgan fingerprint density at radius 2 is 1.96 bits per heavy atom. The molecule has 4 nitrogen and oxygen atoms in total. The average Bonchev–Trinajstić information content (AvgIpc) is 2.61. The molecule has 1 aliphatic carbocycles. The van der Waals surface area contributed by atoms with Crippen LogP contribution < -0.4 is 5.32 Å². The monoisotopic (exact) mass is 325 g/mol. The molecule has 0 bridgehead atoms. The Labute approximate surface area is 142 Å². The molecule has 0 radical (unpaired) electrons. The van der Waals surface area contributed by atoms with Gasteiger partial charge < -0.3 is 10.1 Å². The maximum absolute atomic E-state index is 12.7. The van der Waals surface area contributed by atoms with Crippen LogP contribution in [0.3, 0.4) is 0 Å². The van der Waals surface area contributed by atoms with Gasteiger partial charge in [-0.15, -0.1) is 0 Å². The van der Waals surface area contributed by atoms with E-state index in [9.17, 15) is 9.59 Å². The number of Topliss-reactive ketones (excluding diaryl/α,β-unsaturated/α-hetero) is 1. The third-order valence-corrected chi connectivity index (χ3v) is 4.64. The Morgan fingerprint density at radius 3 is 2.62 bits per heavy atom. The van der Waals surface area contributed by atoms with Crippen molar-refractivity contribution in [3.63, 3.8) is 0 Å². The number of nitrogens with one attached hydrogen (secondary N) is 1. The second-order valence-corrected chi connectivity index (χ2v) is 6.10. The molecule has 1 aliphatic heterocycles. The number of carbonyl (C=O) groups excluding carboxylic acids is 2. The normalized spacial score (nSPS) is 20.6. The first-order valence-corrected chi connectivity index (χ1v) is 8.65. The number of allylic oxidation sites excluding steroid dienone is 3. The van der Waals surface area contributed by atoms with E-state index in [1.54, 1.807) is 6.92 Å². The zero-order chi connectivity index (χ0) is 17.1. The first-order chi connectivity index (χ1) is 11.7. The summed E-state index contributed by atoms with van der Waals surface area (Å²) < 4.78 is 5.31. The molecule has 3 rings (SSSR count). The highest BCUT2D eigenvalue weighted by molar-refractivity contribution is 6.03. The Morgan fingerprint density at radius 1 is 1.21 bits per heavy atom. The van der Waals surface area contributed by atoms with Crippen LogP contribution in [0.2, 0.25) is 0 Å². The second-order valence-electron chi connectivity index (χ2n) is 6.10. The molecule has 0 aromatic heterocycles. The fourth-order valence-corrected chi connectivity index (χ4v) is 3.60. The Bertz CT molecular complexity index is 716. The van der Waals surface area contributed by atoms with E-state index in [1.165, 1.54) is 0 Å². The summed E-state index contributed by atoms with van der Waals surface area (Å²) in [6.07, 6.45) is 2.95. The highest BCUT2D eigenvalue weighted by Gasteiger charge is 2.39. The molecule has 0 amide bonds. The van der Waals surface area contributed by atoms with Gasteiger partial charge in [-0.2, -0.15) is 0 Å². The molecular weight excluding hydrogens is 302 g/mol. The molecule has 1 heterocycles. The maximum atomic E-state index is 12.7. The van der Waals surface area contributed by atoms with Gasteiger partial charge >= 0.3 is 5.97 Å². The standard InChI is InChI=1S/C20H23NO3/c1-3-14-19(20(23)24-4-2)17(13-9-6-5-7-10-13)18-15(21-14)11-8-12-16(18)22/h5-7,9-10,17,21H,3-4,8,11-12H2,1-2H3/t17-/m1/s1. The zero-order valence-corrected chi connectivity index (χ0v) is 14.2. The van der Waals surface area contributed by atoms with Crippen LogP contribution in [0.5, 0.6) is 0 Å². The number of rotatable bonds is 4. The van der Waals surface area contributed by atoms with Crippen molar-refractivity contribution in [2.45, 2.75) is 45.4 Å². The Hall–Kier alpha value is -2.36. The van der Waals surface area contributed by atoms with Crippen LogP contribution in [-0.4, -0.2) is 18.4 Å². The minimum Gasteiger partial charge on any atom is -0.463 e. The summed E-state index contributed by atoms with van der Waals surface area (Å²) >= 11 is 0. The molecule has 0 saturated carbocycles. The maximum Gasteiger partial charge on any atom is 0.336 e. The molecule has 1 aromatic rings. The summed E-state index contributed by atoms with van der Waals surface area (Å²) in [5, 5.41) is 3.36. The fraction of sp³-hybridized carbons (Fsp3) is 0.400. The number of dihydropyridines is 1. The number of benzene rings is 1. The van der Waals surface area contributed by atoms with Crippen LogP contribution in [-0.2, 0) is 14.3 Å². The quantitative estimate of drug-likeness (QED) is 0.859. The molecule has 0 spiro atoms. The van der Waals surface area contributed by atoms with Crippen molar-refractivity contribution in [2.24, 2.45) is 0 Å². The third kappa shape index (κ3) is 2.88. The van der Waals surface area contributed by atoms with Crippen LogP contribution in [0.25, 0.3) is 0 Å². The molecule has 0 saturated heterocycles. The molecular formula is C20H23NO3. The van der Waals surface area contributed by atoms with E-state index < -0.39 is 0 Å². The van der Waals surface area contributed by atoms with Crippen molar-refractivity contribution in [3.8, 4) is 0 Å². The van der Waals surface area contributed by atoms with Gasteiger partial charge in [0.1, 0.15) is 0 Å². The summed E-state index contributed by atoms with van der Waals surface area (Å²) in [4.78, 5) is 25.3. The molecule has 126 valence electrons. The number of esters is 1. The van der Waals surface area contributed by atoms with Gasteiger partial charge in [0.15, 0.2) is 5.78 Å². The highest BCUT2D eigenvalue weighted by atomic mass is 16.5. The minimum atomic E-state index is -0.333. The summed E-state index contributed by atoms with van der Waals surface area (Å²) in [7, 11) is 0. The van der Waals surface area contributed by atoms with Gasteiger partial charge in [0.05, 0.1) is 12.2 Å². The minimum absolute atomic E-state index is 0.134. The topological polar surface area (TPSA) is 55.4 Å². The molecule has 1 atom stereocenters. The Balaban J connectivity index is 2.17. The lowest BCUT2D eigenvalue weighted by atomic mass is 9.75. The van der Waals surface area contributed by atoms with E-state index in [0.29, 0.717) is 25.0 Å². The fourth-order valence-electron chi connectivity index (χ4n) is 3.60. The second kappa shape index (κ2) is 7.04. The van der Waals surface area contributed by atoms with Crippen LogP contribution in [0.4, 0.5) is 0 Å². The molecule has 4 heteroatoms. The highest BCUT2D eigenvalue weighted by Crippen LogP contribution is 2.42. The molecule has 1 N–H and O–H groups in total. The van der Waals surface area contributed by atoms with Crippen molar-refractivity contribution in [2.75, 3.05) is 6.61 Å². The van der Waals surface area contributed by atoms with Crippen LogP contribution in [0, 0.1) is 0 Å². The zero-order valence-electron chi connectivity index (χ0n) is 14.2. The Kier molecular flexibility index (Phi) is 4.84. The summed E-state index contributed by atoms with van der Waals surface area (Å²) in [6, 6.07) is 9.79. The van der Waals surface area contributed by atoms with Gasteiger partial charge in [0.25, 0.3) is 0 Å². The number of ether oxygens (including phenoxy) is 1. The van der Waals surface area contributed by atoms with Crippen LogP contribution >= 0.6 is 0 Å². The average molecular weight is 325 g/mol. The lowest BCUT2D eigenvalue weighted by Crippen LogP contribution is -2.35. The molecule has 24 heavy (non-hydrogen) atoms. The van der Waals surface area contributed by atoms with Gasteiger partial charge in [-0.1, -0.05) is 37.3 Å². The van der Waals surface area contributed by atoms with E-state index in [2.05, 4.69) is 5.32 Å². The number of hydrogen-bond donors (Lipinski definition) is 1. The molecule has 0 unspecified atom stereocenters. The number of carbonyl (C=O) groups is 2. The van der Waals surface area contributed by atoms with E-state index in [-0.39, 0.29) is 17.7 Å². The summed E-state index contributed by atoms with van der Waals surface area (Å²) in [5.74, 6) is -0.528. The van der Waals surface area contributed by atoms with Crippen molar-refractivity contribution in [1.29, 1.82) is 0 Å². The van der Waals surface area contributed by atoms with E-state index in [0.717, 1.165) is 35.4 Å². The first kappa shape index (κ1) is 16.5. The van der Waals surface area contributed by atoms with Crippen LogP contribution in [0.1, 0.15) is 51.0 Å². The van der Waals surface area contributed by atoms with E-state index in [4.69, 9.17) is 4.74 Å². The lowest BCUT2D eigenvalue weighted by molar-refractivity contribution is -0.138. The number of hydrogen-bond acceptors (Lipinski definition) is 4. The van der Waals surface area contributed by atoms with E-state index in [1.807, 2.05) is 37.3 Å². The molecule has 2 aliphatic rings. The van der Waals surface area contributed by atoms with Crippen molar-refractivity contribution >= 4 is 11.8 Å². The summed E-state index contributed by atoms with van der Waals surface area (Å²) in [6.45, 7) is 4.13. The van der Waals surface area contributed by atoms with Gasteiger partial charge in [0.2, 0.25) is 0 Å². The largest absolute Gasteiger partial charge is 0.463 e. The number of ketones is 1. The third-order valence-electron chi connectivity index (χ3n) is 4.64. The van der Waals surface area contributed by atoms with Gasteiger partial charge in [-0.25, -0.2) is 4.79 Å². The van der Waals surface area contributed by atoms with Crippen molar-refractivity contribution < 1.29 is 14.3 Å². The van der Waals surface area contributed by atoms with Crippen molar-refractivity contribution in [3.05, 3.63) is 58.4 Å². The van der Waals surface area contributed by atoms with Gasteiger partial charge in [-0.3, -0.25) is 4.79 Å². The summed E-state index contributed by atoms with van der Waals surface area (Å²) in [5.41, 5.74) is 4.14. The van der Waals surface area contributed by atoms with E-state index >= 15 is 0 Å². The predicted octanol–water partition coefficient (Wildman–Crippen LogP) is 3.61.